The second-order valence-electron chi connectivity index (χ2n) is 6.92. The van der Waals surface area contributed by atoms with E-state index in [1.807, 2.05) is 31.1 Å². The fourth-order valence-corrected chi connectivity index (χ4v) is 3.23. The Hall–Kier alpha value is -2.61. The summed E-state index contributed by atoms with van der Waals surface area (Å²) in [5.41, 5.74) is 0.502. The summed E-state index contributed by atoms with van der Waals surface area (Å²) in [7, 11) is 3.74. The van der Waals surface area contributed by atoms with Gasteiger partial charge in [0.1, 0.15) is 11.3 Å². The van der Waals surface area contributed by atoms with Crippen molar-refractivity contribution in [2.75, 3.05) is 33.8 Å². The predicted octanol–water partition coefficient (Wildman–Crippen LogP) is 0.532. The van der Waals surface area contributed by atoms with Gasteiger partial charge in [-0.25, -0.2) is 9.79 Å². The van der Waals surface area contributed by atoms with Crippen molar-refractivity contribution in [3.05, 3.63) is 29.8 Å². The first kappa shape index (κ1) is 18.2. The van der Waals surface area contributed by atoms with Crippen LogP contribution in [-0.4, -0.2) is 72.1 Å². The minimum Gasteiger partial charge on any atom is -0.482 e. The Morgan fingerprint density at radius 3 is 2.50 bits per heavy atom. The van der Waals surface area contributed by atoms with Crippen LogP contribution < -0.4 is 10.1 Å². The summed E-state index contributed by atoms with van der Waals surface area (Å²) < 4.78 is 5.14. The monoisotopic (exact) mass is 360 g/mol. The maximum atomic E-state index is 12.4. The third-order valence-electron chi connectivity index (χ3n) is 4.77. The average Bonchev–Trinajstić information content (AvgIpc) is 2.93. The lowest BCUT2D eigenvalue weighted by Crippen LogP contribution is -2.49. The predicted molar refractivity (Wildman–Crippen MR) is 96.1 cm³/mol. The third kappa shape index (κ3) is 3.96. The molecule has 0 saturated carbocycles. The zero-order chi connectivity index (χ0) is 18.7. The highest BCUT2D eigenvalue weighted by Crippen LogP contribution is 2.30. The third-order valence-corrected chi connectivity index (χ3v) is 4.77. The molecule has 0 aromatic heterocycles. The molecule has 8 heteroatoms. The van der Waals surface area contributed by atoms with Crippen molar-refractivity contribution in [2.45, 2.75) is 24.9 Å². The van der Waals surface area contributed by atoms with Crippen LogP contribution in [0.5, 0.6) is 5.75 Å². The normalized spacial score (nSPS) is 19.2. The number of carboxylic acids is 1. The Balaban J connectivity index is 1.54. The number of likely N-dealkylation sites (tertiary alicyclic amines) is 1. The van der Waals surface area contributed by atoms with E-state index >= 15 is 0 Å². The first-order valence-electron chi connectivity index (χ1n) is 8.62. The molecule has 0 bridgehead atoms. The van der Waals surface area contributed by atoms with E-state index in [-0.39, 0.29) is 12.5 Å². The first-order chi connectivity index (χ1) is 12.4. The SMILES string of the molecule is CN(C)C1=NC2(CCN(Cc3ccc(OCC(=O)O)cc3)CC2)C(=O)N1. The highest BCUT2D eigenvalue weighted by molar-refractivity contribution is 6.07. The van der Waals surface area contributed by atoms with Gasteiger partial charge >= 0.3 is 5.97 Å². The fourth-order valence-electron chi connectivity index (χ4n) is 3.23. The molecule has 140 valence electrons. The van der Waals surface area contributed by atoms with E-state index < -0.39 is 11.5 Å². The summed E-state index contributed by atoms with van der Waals surface area (Å²) >= 11 is 0. The van der Waals surface area contributed by atoms with Gasteiger partial charge in [0, 0.05) is 33.7 Å². The molecule has 0 unspecified atom stereocenters. The summed E-state index contributed by atoms with van der Waals surface area (Å²) in [5, 5.41) is 11.5. The molecule has 0 radical (unpaired) electrons. The maximum absolute atomic E-state index is 12.4. The second kappa shape index (κ2) is 7.33. The van der Waals surface area contributed by atoms with E-state index in [1.54, 1.807) is 12.1 Å². The molecule has 2 aliphatic rings. The van der Waals surface area contributed by atoms with Crippen LogP contribution >= 0.6 is 0 Å². The molecule has 8 nitrogen and oxygen atoms in total. The lowest BCUT2D eigenvalue weighted by Gasteiger charge is -2.35. The lowest BCUT2D eigenvalue weighted by molar-refractivity contribution is -0.139. The molecule has 1 amide bonds. The molecule has 26 heavy (non-hydrogen) atoms. The first-order valence-corrected chi connectivity index (χ1v) is 8.62. The molecule has 1 aromatic rings. The van der Waals surface area contributed by atoms with Gasteiger partial charge in [0.05, 0.1) is 0 Å². The highest BCUT2D eigenvalue weighted by atomic mass is 16.5. The van der Waals surface area contributed by atoms with E-state index in [2.05, 4.69) is 15.2 Å². The van der Waals surface area contributed by atoms with Crippen LogP contribution in [0.15, 0.2) is 29.3 Å². The van der Waals surface area contributed by atoms with E-state index in [0.29, 0.717) is 24.6 Å². The van der Waals surface area contributed by atoms with Gasteiger partial charge in [0.2, 0.25) is 5.96 Å². The number of carboxylic acid groups (broad SMARTS) is 1. The van der Waals surface area contributed by atoms with E-state index in [0.717, 1.165) is 25.2 Å². The molecule has 2 aliphatic heterocycles. The number of nitrogens with zero attached hydrogens (tertiary/aromatic N) is 3. The van der Waals surface area contributed by atoms with Gasteiger partial charge < -0.3 is 14.7 Å². The van der Waals surface area contributed by atoms with Crippen LogP contribution in [0.25, 0.3) is 0 Å². The summed E-state index contributed by atoms with van der Waals surface area (Å²) in [6.07, 6.45) is 1.41. The van der Waals surface area contributed by atoms with Crippen LogP contribution in [0.3, 0.4) is 0 Å². The summed E-state index contributed by atoms with van der Waals surface area (Å²) in [6.45, 7) is 2.04. The summed E-state index contributed by atoms with van der Waals surface area (Å²) in [4.78, 5) is 31.6. The molecular formula is C18H24N4O4. The standard InChI is InChI=1S/C18H24N4O4/c1-21(2)17-19-16(25)18(20-17)7-9-22(10-8-18)11-13-3-5-14(6-4-13)26-12-15(23)24/h3-6H,7-12H2,1-2H3,(H,23,24)(H,19,20,25). The number of amides is 1. The van der Waals surface area contributed by atoms with Gasteiger partial charge in [-0.2, -0.15) is 0 Å². The minimum absolute atomic E-state index is 0.000724. The number of hydrogen-bond acceptors (Lipinski definition) is 6. The number of guanidine groups is 1. The maximum Gasteiger partial charge on any atom is 0.341 e. The van der Waals surface area contributed by atoms with Crippen molar-refractivity contribution in [1.82, 2.24) is 15.1 Å². The van der Waals surface area contributed by atoms with Crippen molar-refractivity contribution in [2.24, 2.45) is 4.99 Å². The quantitative estimate of drug-likeness (QED) is 0.796. The molecular weight excluding hydrogens is 336 g/mol. The van der Waals surface area contributed by atoms with Gasteiger partial charge in [-0.3, -0.25) is 15.0 Å². The second-order valence-corrected chi connectivity index (χ2v) is 6.92. The fraction of sp³-hybridized carbons (Fsp3) is 0.500. The van der Waals surface area contributed by atoms with E-state index in [4.69, 9.17) is 9.84 Å². The van der Waals surface area contributed by atoms with Crippen LogP contribution in [0.1, 0.15) is 18.4 Å². The number of ether oxygens (including phenoxy) is 1. The Labute approximate surface area is 152 Å². The van der Waals surface area contributed by atoms with Crippen molar-refractivity contribution in [3.8, 4) is 5.75 Å². The summed E-state index contributed by atoms with van der Waals surface area (Å²) in [6, 6.07) is 7.43. The molecule has 3 rings (SSSR count). The van der Waals surface area contributed by atoms with Crippen molar-refractivity contribution < 1.29 is 19.4 Å². The number of rotatable bonds is 5. The molecule has 1 fully saturated rings. The number of aliphatic imine (C=N–C) groups is 1. The van der Waals surface area contributed by atoms with Crippen LogP contribution in [-0.2, 0) is 16.1 Å². The zero-order valence-electron chi connectivity index (χ0n) is 15.1. The van der Waals surface area contributed by atoms with Gasteiger partial charge in [0.15, 0.2) is 6.61 Å². The Bertz CT molecular complexity index is 706. The van der Waals surface area contributed by atoms with Gasteiger partial charge in [-0.05, 0) is 30.5 Å². The van der Waals surface area contributed by atoms with Crippen molar-refractivity contribution in [1.29, 1.82) is 0 Å². The smallest absolute Gasteiger partial charge is 0.341 e. The molecule has 1 aromatic carbocycles. The van der Waals surface area contributed by atoms with Crippen LogP contribution in [0.4, 0.5) is 0 Å². The summed E-state index contributed by atoms with van der Waals surface area (Å²) in [5.74, 6) is 0.190. The molecule has 2 N–H and O–H groups in total. The zero-order valence-corrected chi connectivity index (χ0v) is 15.1. The lowest BCUT2D eigenvalue weighted by atomic mass is 9.88. The van der Waals surface area contributed by atoms with Gasteiger partial charge in [-0.1, -0.05) is 12.1 Å². The molecule has 0 atom stereocenters. The van der Waals surface area contributed by atoms with Crippen LogP contribution in [0.2, 0.25) is 0 Å². The Morgan fingerprint density at radius 2 is 1.96 bits per heavy atom. The Morgan fingerprint density at radius 1 is 1.31 bits per heavy atom. The van der Waals surface area contributed by atoms with E-state index in [1.165, 1.54) is 0 Å². The van der Waals surface area contributed by atoms with Gasteiger partial charge in [0.25, 0.3) is 5.91 Å². The number of piperidine rings is 1. The largest absolute Gasteiger partial charge is 0.482 e. The number of aliphatic carboxylic acids is 1. The number of carbonyl (C=O) groups is 2. The van der Waals surface area contributed by atoms with Crippen molar-refractivity contribution >= 4 is 17.8 Å². The topological polar surface area (TPSA) is 94.5 Å². The minimum atomic E-state index is -0.993. The van der Waals surface area contributed by atoms with E-state index in [9.17, 15) is 9.59 Å². The Kier molecular flexibility index (Phi) is 5.13. The molecule has 1 saturated heterocycles. The average molecular weight is 360 g/mol. The van der Waals surface area contributed by atoms with Crippen LogP contribution in [0, 0.1) is 0 Å². The molecule has 1 spiro atoms. The highest BCUT2D eigenvalue weighted by Gasteiger charge is 2.46. The number of benzene rings is 1. The number of nitrogens with one attached hydrogen (secondary N) is 1. The molecule has 0 aliphatic carbocycles. The van der Waals surface area contributed by atoms with Gasteiger partial charge in [-0.15, -0.1) is 0 Å². The molecule has 2 heterocycles. The number of carbonyl (C=O) groups excluding carboxylic acids is 1. The van der Waals surface area contributed by atoms with Crippen molar-refractivity contribution in [3.63, 3.8) is 0 Å². The number of hydrogen-bond donors (Lipinski definition) is 2.